The van der Waals surface area contributed by atoms with E-state index in [0.717, 1.165) is 5.57 Å². The summed E-state index contributed by atoms with van der Waals surface area (Å²) < 4.78 is 0. The SMILES string of the molecule is O=C(O)CC1=CCC(CC(=O)O)C=C1. The van der Waals surface area contributed by atoms with Crippen molar-refractivity contribution in [3.8, 4) is 0 Å². The molecule has 0 aromatic rings. The Balaban J connectivity index is 2.44. The van der Waals surface area contributed by atoms with Crippen LogP contribution in [0.5, 0.6) is 0 Å². The first-order valence-electron chi connectivity index (χ1n) is 4.38. The lowest BCUT2D eigenvalue weighted by atomic mass is 9.93. The van der Waals surface area contributed by atoms with E-state index in [9.17, 15) is 9.59 Å². The average molecular weight is 196 g/mol. The van der Waals surface area contributed by atoms with Crippen LogP contribution in [0.15, 0.2) is 23.8 Å². The Morgan fingerprint density at radius 3 is 2.50 bits per heavy atom. The summed E-state index contributed by atoms with van der Waals surface area (Å²) in [7, 11) is 0. The highest BCUT2D eigenvalue weighted by Crippen LogP contribution is 2.20. The number of hydrogen-bond acceptors (Lipinski definition) is 2. The number of carbonyl (C=O) groups is 2. The minimum atomic E-state index is -0.863. The summed E-state index contributed by atoms with van der Waals surface area (Å²) in [5.74, 6) is -1.68. The Kier molecular flexibility index (Phi) is 3.45. The number of allylic oxidation sites excluding steroid dienone is 3. The van der Waals surface area contributed by atoms with Crippen LogP contribution in [0.3, 0.4) is 0 Å². The van der Waals surface area contributed by atoms with Crippen molar-refractivity contribution in [2.75, 3.05) is 0 Å². The number of carboxylic acid groups (broad SMARTS) is 2. The minimum absolute atomic E-state index is 0.00467. The number of hydrogen-bond donors (Lipinski definition) is 2. The van der Waals surface area contributed by atoms with E-state index in [2.05, 4.69) is 0 Å². The predicted octanol–water partition coefficient (Wildman–Crippen LogP) is 1.44. The molecule has 1 aliphatic rings. The molecule has 0 aromatic carbocycles. The van der Waals surface area contributed by atoms with Gasteiger partial charge in [-0.3, -0.25) is 9.59 Å². The molecule has 0 saturated heterocycles. The van der Waals surface area contributed by atoms with Crippen LogP contribution in [0.1, 0.15) is 19.3 Å². The van der Waals surface area contributed by atoms with Gasteiger partial charge in [0.15, 0.2) is 0 Å². The van der Waals surface area contributed by atoms with Crippen molar-refractivity contribution in [3.05, 3.63) is 23.8 Å². The van der Waals surface area contributed by atoms with Gasteiger partial charge >= 0.3 is 11.9 Å². The minimum Gasteiger partial charge on any atom is -0.481 e. The summed E-state index contributed by atoms with van der Waals surface area (Å²) in [6.07, 6.45) is 5.99. The first-order valence-corrected chi connectivity index (χ1v) is 4.38. The average Bonchev–Trinajstić information content (AvgIpc) is 2.06. The van der Waals surface area contributed by atoms with Gasteiger partial charge in [-0.25, -0.2) is 0 Å². The number of aliphatic carboxylic acids is 2. The molecule has 0 fully saturated rings. The molecule has 1 rings (SSSR count). The molecule has 0 amide bonds. The zero-order valence-electron chi connectivity index (χ0n) is 7.64. The van der Waals surface area contributed by atoms with E-state index in [4.69, 9.17) is 10.2 Å². The quantitative estimate of drug-likeness (QED) is 0.713. The van der Waals surface area contributed by atoms with Crippen molar-refractivity contribution in [2.45, 2.75) is 19.3 Å². The molecule has 0 heterocycles. The van der Waals surface area contributed by atoms with Gasteiger partial charge in [-0.15, -0.1) is 0 Å². The molecule has 1 atom stereocenters. The summed E-state index contributed by atoms with van der Waals surface area (Å²) in [5, 5.41) is 17.0. The smallest absolute Gasteiger partial charge is 0.307 e. The molecule has 1 unspecified atom stereocenters. The van der Waals surface area contributed by atoms with Crippen LogP contribution < -0.4 is 0 Å². The van der Waals surface area contributed by atoms with Crippen LogP contribution in [0, 0.1) is 5.92 Å². The van der Waals surface area contributed by atoms with Crippen molar-refractivity contribution in [1.29, 1.82) is 0 Å². The maximum atomic E-state index is 10.4. The summed E-state index contributed by atoms with van der Waals surface area (Å²) in [4.78, 5) is 20.7. The van der Waals surface area contributed by atoms with E-state index in [1.807, 2.05) is 0 Å². The molecule has 14 heavy (non-hydrogen) atoms. The van der Waals surface area contributed by atoms with Crippen LogP contribution in [-0.4, -0.2) is 22.2 Å². The van der Waals surface area contributed by atoms with Gasteiger partial charge in [-0.2, -0.15) is 0 Å². The Morgan fingerprint density at radius 1 is 1.36 bits per heavy atom. The van der Waals surface area contributed by atoms with E-state index in [1.54, 1.807) is 18.2 Å². The van der Waals surface area contributed by atoms with Gasteiger partial charge < -0.3 is 10.2 Å². The topological polar surface area (TPSA) is 74.6 Å². The zero-order chi connectivity index (χ0) is 10.6. The lowest BCUT2D eigenvalue weighted by molar-refractivity contribution is -0.138. The zero-order valence-corrected chi connectivity index (χ0v) is 7.64. The maximum Gasteiger partial charge on any atom is 0.307 e. The van der Waals surface area contributed by atoms with E-state index in [1.165, 1.54) is 0 Å². The molecule has 0 aliphatic heterocycles. The number of carboxylic acids is 2. The molecule has 0 bridgehead atoms. The first kappa shape index (κ1) is 10.5. The van der Waals surface area contributed by atoms with E-state index in [-0.39, 0.29) is 18.8 Å². The van der Waals surface area contributed by atoms with E-state index < -0.39 is 11.9 Å². The standard InChI is InChI=1S/C10H12O4/c11-9(12)5-7-1-2-8(4-3-7)6-10(13)14/h1-3,8H,4-6H2,(H,11,12)(H,13,14). The second-order valence-electron chi connectivity index (χ2n) is 3.30. The van der Waals surface area contributed by atoms with Gasteiger partial charge in [0.05, 0.1) is 12.8 Å². The van der Waals surface area contributed by atoms with Crippen LogP contribution in [0.4, 0.5) is 0 Å². The van der Waals surface area contributed by atoms with Gasteiger partial charge in [0.1, 0.15) is 0 Å². The summed E-state index contributed by atoms with van der Waals surface area (Å²) in [6, 6.07) is 0. The van der Waals surface area contributed by atoms with Gasteiger partial charge in [-0.1, -0.05) is 18.2 Å². The third-order valence-electron chi connectivity index (χ3n) is 2.06. The predicted molar refractivity (Wildman–Crippen MR) is 49.8 cm³/mol. The summed E-state index contributed by atoms with van der Waals surface area (Å²) >= 11 is 0. The highest BCUT2D eigenvalue weighted by molar-refractivity contribution is 5.71. The van der Waals surface area contributed by atoms with Crippen LogP contribution in [0.25, 0.3) is 0 Å². The van der Waals surface area contributed by atoms with Gasteiger partial charge in [-0.05, 0) is 17.9 Å². The molecular formula is C10H12O4. The molecule has 1 aliphatic carbocycles. The van der Waals surface area contributed by atoms with E-state index in [0.29, 0.717) is 6.42 Å². The van der Waals surface area contributed by atoms with E-state index >= 15 is 0 Å². The lowest BCUT2D eigenvalue weighted by Gasteiger charge is -2.12. The van der Waals surface area contributed by atoms with Crippen molar-refractivity contribution in [2.24, 2.45) is 5.92 Å². The molecule has 4 nitrogen and oxygen atoms in total. The highest BCUT2D eigenvalue weighted by atomic mass is 16.4. The molecule has 76 valence electrons. The second-order valence-corrected chi connectivity index (χ2v) is 3.30. The molecular weight excluding hydrogens is 184 g/mol. The van der Waals surface area contributed by atoms with Crippen molar-refractivity contribution < 1.29 is 19.8 Å². The van der Waals surface area contributed by atoms with Gasteiger partial charge in [0.25, 0.3) is 0 Å². The normalized spacial score (nSPS) is 20.3. The Morgan fingerprint density at radius 2 is 2.07 bits per heavy atom. The van der Waals surface area contributed by atoms with Crippen LogP contribution in [0.2, 0.25) is 0 Å². The molecule has 0 aromatic heterocycles. The first-order chi connectivity index (χ1) is 6.58. The Hall–Kier alpha value is -1.58. The Labute approximate surface area is 81.6 Å². The van der Waals surface area contributed by atoms with Crippen molar-refractivity contribution in [3.63, 3.8) is 0 Å². The summed E-state index contributed by atoms with van der Waals surface area (Å²) in [6.45, 7) is 0. The molecule has 0 radical (unpaired) electrons. The number of rotatable bonds is 4. The van der Waals surface area contributed by atoms with Gasteiger partial charge in [0.2, 0.25) is 0 Å². The van der Waals surface area contributed by atoms with Gasteiger partial charge in [0, 0.05) is 0 Å². The second kappa shape index (κ2) is 4.60. The monoisotopic (exact) mass is 196 g/mol. The third-order valence-corrected chi connectivity index (χ3v) is 2.06. The Bertz CT molecular complexity index is 301. The maximum absolute atomic E-state index is 10.4. The fourth-order valence-electron chi connectivity index (χ4n) is 1.39. The lowest BCUT2D eigenvalue weighted by Crippen LogP contribution is -2.08. The molecule has 2 N–H and O–H groups in total. The molecule has 4 heteroatoms. The third kappa shape index (κ3) is 3.43. The van der Waals surface area contributed by atoms with Crippen LogP contribution >= 0.6 is 0 Å². The van der Waals surface area contributed by atoms with Crippen molar-refractivity contribution in [1.82, 2.24) is 0 Å². The molecule has 0 saturated carbocycles. The fraction of sp³-hybridized carbons (Fsp3) is 0.400. The van der Waals surface area contributed by atoms with Crippen LogP contribution in [-0.2, 0) is 9.59 Å². The largest absolute Gasteiger partial charge is 0.481 e. The highest BCUT2D eigenvalue weighted by Gasteiger charge is 2.13. The summed E-state index contributed by atoms with van der Waals surface area (Å²) in [5.41, 5.74) is 0.749. The molecule has 0 spiro atoms. The fourth-order valence-corrected chi connectivity index (χ4v) is 1.39. The van der Waals surface area contributed by atoms with Crippen molar-refractivity contribution >= 4 is 11.9 Å².